The first-order valence-corrected chi connectivity index (χ1v) is 14.5. The summed E-state index contributed by atoms with van der Waals surface area (Å²) >= 11 is 0. The van der Waals surface area contributed by atoms with E-state index in [1.807, 2.05) is 23.8 Å². The topological polar surface area (TPSA) is 129 Å². The lowest BCUT2D eigenvalue weighted by atomic mass is 9.68. The standard InChI is InChI=1S/C32H38N2O9/c1-9-14(3)32(39)43-13-20-21-17(25(35)15(4)29(40-7)27(21)37)11-18-24-22-23(26(36)16(5)30(41-8)28(22)38)31(42-10-2)19(33(24)6)12-34(18)20/h9,18-20,24,31H,10-13H2,1-8H3/b14-9-/t18-,19-,20+,24+,31+/m1/s1. The molecule has 0 amide bonds. The van der Waals surface area contributed by atoms with E-state index in [1.54, 1.807) is 33.8 Å². The highest BCUT2D eigenvalue weighted by atomic mass is 16.5. The van der Waals surface area contributed by atoms with Gasteiger partial charge in [-0.05, 0) is 48.1 Å². The van der Waals surface area contributed by atoms with Gasteiger partial charge in [-0.3, -0.25) is 29.0 Å². The van der Waals surface area contributed by atoms with Gasteiger partial charge in [0.1, 0.15) is 12.7 Å². The SMILES string of the molecule is C/C=C(/C)C(=O)OC[C@H]1C2=C(C[C@@H]3[C@H]4C5=C(C(=O)C(C)=C(OC)C5=O)[C@@H](OCC)[C@@H](CN31)N4C)C(=O)C(C)=C(OC)C2=O. The van der Waals surface area contributed by atoms with Crippen LogP contribution in [0.1, 0.15) is 41.0 Å². The molecule has 0 aromatic heterocycles. The van der Waals surface area contributed by atoms with Gasteiger partial charge >= 0.3 is 5.97 Å². The first-order chi connectivity index (χ1) is 20.4. The van der Waals surface area contributed by atoms with Crippen molar-refractivity contribution in [3.63, 3.8) is 0 Å². The number of fused-ring (bicyclic) bond motifs is 5. The van der Waals surface area contributed by atoms with Gasteiger partial charge in [0.15, 0.2) is 23.1 Å². The van der Waals surface area contributed by atoms with Gasteiger partial charge in [0, 0.05) is 58.2 Å². The average molecular weight is 595 g/mol. The molecule has 0 unspecified atom stereocenters. The number of carbonyl (C=O) groups excluding carboxylic acids is 5. The predicted molar refractivity (Wildman–Crippen MR) is 154 cm³/mol. The number of allylic oxidation sites excluding steroid dienone is 5. The molecule has 11 heteroatoms. The van der Waals surface area contributed by atoms with Gasteiger partial charge in [-0.15, -0.1) is 0 Å². The fraction of sp³-hybridized carbons (Fsp3) is 0.531. The van der Waals surface area contributed by atoms with Gasteiger partial charge in [0.2, 0.25) is 11.6 Å². The zero-order valence-electron chi connectivity index (χ0n) is 25.9. The molecular weight excluding hydrogens is 556 g/mol. The van der Waals surface area contributed by atoms with E-state index in [0.29, 0.717) is 29.9 Å². The van der Waals surface area contributed by atoms with Crippen LogP contribution in [0, 0.1) is 0 Å². The minimum absolute atomic E-state index is 0.0153. The fourth-order valence-electron chi connectivity index (χ4n) is 7.29. The van der Waals surface area contributed by atoms with E-state index in [0.717, 1.165) is 0 Å². The lowest BCUT2D eigenvalue weighted by Gasteiger charge is -2.59. The van der Waals surface area contributed by atoms with Crippen LogP contribution in [0.15, 0.2) is 56.6 Å². The van der Waals surface area contributed by atoms with E-state index in [4.69, 9.17) is 18.9 Å². The summed E-state index contributed by atoms with van der Waals surface area (Å²) in [6.45, 7) is 8.75. The second kappa shape index (κ2) is 11.4. The van der Waals surface area contributed by atoms with Crippen molar-refractivity contribution in [2.45, 2.75) is 71.3 Å². The van der Waals surface area contributed by atoms with Crippen molar-refractivity contribution in [1.29, 1.82) is 0 Å². The van der Waals surface area contributed by atoms with Crippen LogP contribution in [0.5, 0.6) is 0 Å². The third-order valence-electron chi connectivity index (χ3n) is 9.51. The molecule has 2 aliphatic carbocycles. The largest absolute Gasteiger partial charge is 0.492 e. The average Bonchev–Trinajstić information content (AvgIpc) is 2.98. The number of piperazine rings is 1. The normalized spacial score (nSPS) is 30.0. The Labute approximate surface area is 250 Å². The highest BCUT2D eigenvalue weighted by Crippen LogP contribution is 2.47. The van der Waals surface area contributed by atoms with Gasteiger partial charge in [-0.2, -0.15) is 0 Å². The van der Waals surface area contributed by atoms with Crippen LogP contribution in [-0.2, 0) is 42.9 Å². The van der Waals surface area contributed by atoms with Crippen molar-refractivity contribution in [3.8, 4) is 0 Å². The molecule has 0 N–H and O–H groups in total. The quantitative estimate of drug-likeness (QED) is 0.243. The summed E-state index contributed by atoms with van der Waals surface area (Å²) in [4.78, 5) is 72.2. The van der Waals surface area contributed by atoms with Crippen LogP contribution < -0.4 is 0 Å². The third-order valence-corrected chi connectivity index (χ3v) is 9.51. The number of Topliss-reactive ketones (excluding diaryl/α,β-unsaturated/α-hetero) is 4. The number of nitrogens with zero attached hydrogens (tertiary/aromatic N) is 2. The van der Waals surface area contributed by atoms with Gasteiger partial charge in [0.25, 0.3) is 0 Å². The number of ketones is 4. The lowest BCUT2D eigenvalue weighted by molar-refractivity contribution is -0.144. The maximum Gasteiger partial charge on any atom is 0.333 e. The maximum atomic E-state index is 14.0. The van der Waals surface area contributed by atoms with Gasteiger partial charge in [0.05, 0.1) is 32.3 Å². The lowest BCUT2D eigenvalue weighted by Crippen LogP contribution is -2.73. The first kappa shape index (κ1) is 30.8. The Morgan fingerprint density at radius 2 is 1.51 bits per heavy atom. The molecule has 0 aromatic carbocycles. The molecule has 3 aliphatic heterocycles. The van der Waals surface area contributed by atoms with E-state index in [2.05, 4.69) is 0 Å². The fourth-order valence-corrected chi connectivity index (χ4v) is 7.29. The van der Waals surface area contributed by atoms with Crippen LogP contribution >= 0.6 is 0 Å². The summed E-state index contributed by atoms with van der Waals surface area (Å²) < 4.78 is 22.7. The van der Waals surface area contributed by atoms with Crippen molar-refractivity contribution >= 4 is 29.1 Å². The Morgan fingerprint density at radius 3 is 2.09 bits per heavy atom. The second-order valence-corrected chi connectivity index (χ2v) is 11.5. The van der Waals surface area contributed by atoms with Crippen LogP contribution in [0.4, 0.5) is 0 Å². The summed E-state index contributed by atoms with van der Waals surface area (Å²) in [6.07, 6.45) is 1.06. The number of rotatable bonds is 7. The van der Waals surface area contributed by atoms with Crippen molar-refractivity contribution in [2.24, 2.45) is 0 Å². The van der Waals surface area contributed by atoms with Crippen molar-refractivity contribution in [3.05, 3.63) is 56.6 Å². The predicted octanol–water partition coefficient (Wildman–Crippen LogP) is 1.78. The number of likely N-dealkylation sites (N-methyl/N-ethyl adjacent to an activating group) is 1. The summed E-state index contributed by atoms with van der Waals surface area (Å²) in [5.41, 5.74) is 1.99. The van der Waals surface area contributed by atoms with Crippen molar-refractivity contribution in [1.82, 2.24) is 9.80 Å². The molecule has 1 saturated heterocycles. The number of methoxy groups -OCH3 is 2. The second-order valence-electron chi connectivity index (χ2n) is 11.5. The van der Waals surface area contributed by atoms with Crippen LogP contribution in [-0.4, -0.2) is 110 Å². The van der Waals surface area contributed by atoms with Crippen LogP contribution in [0.2, 0.25) is 0 Å². The Morgan fingerprint density at radius 1 is 0.907 bits per heavy atom. The van der Waals surface area contributed by atoms with Crippen molar-refractivity contribution < 1.29 is 42.9 Å². The van der Waals surface area contributed by atoms with Crippen LogP contribution in [0.3, 0.4) is 0 Å². The zero-order chi connectivity index (χ0) is 31.5. The smallest absolute Gasteiger partial charge is 0.333 e. The highest BCUT2D eigenvalue weighted by molar-refractivity contribution is 6.26. The number of esters is 1. The zero-order valence-corrected chi connectivity index (χ0v) is 25.9. The van der Waals surface area contributed by atoms with E-state index < -0.39 is 41.8 Å². The number of hydrogen-bond acceptors (Lipinski definition) is 11. The molecule has 0 spiro atoms. The highest BCUT2D eigenvalue weighted by Gasteiger charge is 2.59. The summed E-state index contributed by atoms with van der Waals surface area (Å²) in [6, 6.07) is -2.30. The molecule has 2 bridgehead atoms. The monoisotopic (exact) mass is 594 g/mol. The minimum Gasteiger partial charge on any atom is -0.492 e. The molecule has 0 saturated carbocycles. The summed E-state index contributed by atoms with van der Waals surface area (Å²) in [5, 5.41) is 0. The molecule has 11 nitrogen and oxygen atoms in total. The molecule has 5 atom stereocenters. The van der Waals surface area contributed by atoms with Gasteiger partial charge in [-0.1, -0.05) is 6.08 Å². The van der Waals surface area contributed by atoms with Gasteiger partial charge in [-0.25, -0.2) is 4.79 Å². The van der Waals surface area contributed by atoms with E-state index in [9.17, 15) is 24.0 Å². The van der Waals surface area contributed by atoms with Crippen molar-refractivity contribution in [2.75, 3.05) is 41.0 Å². The molecule has 0 aromatic rings. The third kappa shape index (κ3) is 4.47. The molecule has 5 rings (SSSR count). The molecule has 1 fully saturated rings. The molecule has 0 radical (unpaired) electrons. The minimum atomic E-state index is -0.797. The maximum absolute atomic E-state index is 14.0. The Balaban J connectivity index is 1.69. The number of carbonyl (C=O) groups is 5. The molecule has 43 heavy (non-hydrogen) atoms. The van der Waals surface area contributed by atoms with E-state index in [1.165, 1.54) is 14.2 Å². The molecule has 230 valence electrons. The number of ether oxygens (including phenoxy) is 4. The molecule has 5 aliphatic rings. The van der Waals surface area contributed by atoms with E-state index in [-0.39, 0.29) is 64.4 Å². The van der Waals surface area contributed by atoms with Gasteiger partial charge < -0.3 is 18.9 Å². The summed E-state index contributed by atoms with van der Waals surface area (Å²) in [5.74, 6) is -2.03. The first-order valence-electron chi connectivity index (χ1n) is 14.5. The molecule has 3 heterocycles. The Hall–Kier alpha value is -3.67. The summed E-state index contributed by atoms with van der Waals surface area (Å²) in [7, 11) is 4.59. The Bertz CT molecular complexity index is 1490. The Kier molecular flexibility index (Phi) is 8.19. The molecular formula is C32H38N2O9. The number of hydrogen-bond donors (Lipinski definition) is 0. The van der Waals surface area contributed by atoms with E-state index >= 15 is 0 Å². The van der Waals surface area contributed by atoms with Crippen LogP contribution in [0.25, 0.3) is 0 Å².